The highest BCUT2D eigenvalue weighted by molar-refractivity contribution is 5.88. The van der Waals surface area contributed by atoms with Crippen molar-refractivity contribution in [1.29, 1.82) is 0 Å². The minimum atomic E-state index is -0.0401. The summed E-state index contributed by atoms with van der Waals surface area (Å²) < 4.78 is 5.80. The van der Waals surface area contributed by atoms with Crippen LogP contribution in [-0.2, 0) is 0 Å². The van der Waals surface area contributed by atoms with Gasteiger partial charge in [0.2, 0.25) is 0 Å². The minimum absolute atomic E-state index is 0.0401. The summed E-state index contributed by atoms with van der Waals surface area (Å²) in [6.07, 6.45) is 4.97. The third-order valence-corrected chi connectivity index (χ3v) is 3.15. The number of rotatable bonds is 4. The van der Waals surface area contributed by atoms with Crippen LogP contribution in [0.2, 0.25) is 0 Å². The molecule has 0 atom stereocenters. The lowest BCUT2D eigenvalue weighted by molar-refractivity contribution is 0.328. The molecule has 0 radical (unpaired) electrons. The molecule has 3 nitrogen and oxygen atoms in total. The van der Waals surface area contributed by atoms with Crippen molar-refractivity contribution >= 4 is 10.9 Å². The summed E-state index contributed by atoms with van der Waals surface area (Å²) in [5, 5.41) is 0.970. The zero-order chi connectivity index (χ0) is 13.8. The van der Waals surface area contributed by atoms with Crippen LogP contribution < -0.4 is 10.3 Å². The summed E-state index contributed by atoms with van der Waals surface area (Å²) in [6, 6.07) is 5.83. The lowest BCUT2D eigenvalue weighted by atomic mass is 10.1. The van der Waals surface area contributed by atoms with Gasteiger partial charge in [-0.15, -0.1) is 0 Å². The van der Waals surface area contributed by atoms with Gasteiger partial charge in [0.15, 0.2) is 0 Å². The Morgan fingerprint density at radius 1 is 1.26 bits per heavy atom. The number of pyridine rings is 1. The van der Waals surface area contributed by atoms with Gasteiger partial charge in [0, 0.05) is 10.9 Å². The highest BCUT2D eigenvalue weighted by atomic mass is 16.5. The van der Waals surface area contributed by atoms with Crippen molar-refractivity contribution in [2.45, 2.75) is 27.2 Å². The summed E-state index contributed by atoms with van der Waals surface area (Å²) in [5.74, 6) is 0.824. The van der Waals surface area contributed by atoms with Crippen LogP contribution in [0.25, 0.3) is 10.9 Å². The van der Waals surface area contributed by atoms with Gasteiger partial charge >= 0.3 is 0 Å². The van der Waals surface area contributed by atoms with E-state index >= 15 is 0 Å². The van der Waals surface area contributed by atoms with Crippen LogP contribution in [0.4, 0.5) is 0 Å². The predicted octanol–water partition coefficient (Wildman–Crippen LogP) is 3.49. The Balaban J connectivity index is 2.42. The van der Waals surface area contributed by atoms with E-state index in [1.807, 2.05) is 45.0 Å². The number of hydrogen-bond donors (Lipinski definition) is 1. The zero-order valence-corrected chi connectivity index (χ0v) is 11.6. The van der Waals surface area contributed by atoms with Crippen LogP contribution in [0.3, 0.4) is 0 Å². The zero-order valence-electron chi connectivity index (χ0n) is 11.6. The average Bonchev–Trinajstić information content (AvgIpc) is 2.39. The fourth-order valence-electron chi connectivity index (χ4n) is 2.04. The molecule has 0 amide bonds. The Kier molecular flexibility index (Phi) is 4.05. The first-order chi connectivity index (χ1) is 9.13. The van der Waals surface area contributed by atoms with E-state index in [1.165, 1.54) is 0 Å². The van der Waals surface area contributed by atoms with Crippen LogP contribution in [-0.4, -0.2) is 11.6 Å². The van der Waals surface area contributed by atoms with Gasteiger partial charge in [-0.1, -0.05) is 18.2 Å². The standard InChI is InChI=1S/C16H19NO2/c1-4-5-6-9-19-14-8-7-11(2)15-13(14)10-12(3)16(18)17-15/h4-5,7-8,10H,6,9H2,1-3H3,(H,17,18). The number of hydrogen-bond acceptors (Lipinski definition) is 2. The summed E-state index contributed by atoms with van der Waals surface area (Å²) in [5.41, 5.74) is 2.57. The molecule has 1 N–H and O–H groups in total. The van der Waals surface area contributed by atoms with Crippen LogP contribution in [0.15, 0.2) is 35.1 Å². The number of aromatic amines is 1. The van der Waals surface area contributed by atoms with Gasteiger partial charge in [0.05, 0.1) is 12.1 Å². The molecule has 0 unspecified atom stereocenters. The molecule has 0 aliphatic rings. The minimum Gasteiger partial charge on any atom is -0.493 e. The molecule has 100 valence electrons. The number of allylic oxidation sites excluding steroid dienone is 1. The highest BCUT2D eigenvalue weighted by Crippen LogP contribution is 2.26. The van der Waals surface area contributed by atoms with Crippen LogP contribution in [0.1, 0.15) is 24.5 Å². The van der Waals surface area contributed by atoms with Crippen molar-refractivity contribution < 1.29 is 4.74 Å². The van der Waals surface area contributed by atoms with Gasteiger partial charge in [-0.05, 0) is 44.9 Å². The number of H-pyrrole nitrogens is 1. The molecule has 0 spiro atoms. The van der Waals surface area contributed by atoms with E-state index in [9.17, 15) is 4.79 Å². The first-order valence-corrected chi connectivity index (χ1v) is 6.50. The molecule has 0 saturated carbocycles. The Morgan fingerprint density at radius 2 is 2.05 bits per heavy atom. The number of aryl methyl sites for hydroxylation is 2. The molecule has 0 fully saturated rings. The molecule has 2 rings (SSSR count). The molecule has 3 heteroatoms. The van der Waals surface area contributed by atoms with Gasteiger partial charge in [0.25, 0.3) is 5.56 Å². The number of benzene rings is 1. The van der Waals surface area contributed by atoms with E-state index in [0.29, 0.717) is 12.2 Å². The Bertz CT molecular complexity index is 668. The first kappa shape index (κ1) is 13.4. The smallest absolute Gasteiger partial charge is 0.251 e. The second kappa shape index (κ2) is 5.74. The topological polar surface area (TPSA) is 42.1 Å². The van der Waals surface area contributed by atoms with Crippen molar-refractivity contribution in [2.75, 3.05) is 6.61 Å². The third kappa shape index (κ3) is 2.87. The summed E-state index contributed by atoms with van der Waals surface area (Å²) >= 11 is 0. The summed E-state index contributed by atoms with van der Waals surface area (Å²) in [4.78, 5) is 14.6. The third-order valence-electron chi connectivity index (χ3n) is 3.15. The molecule has 1 aromatic carbocycles. The molecule has 1 heterocycles. The Hall–Kier alpha value is -2.03. The molecular weight excluding hydrogens is 238 g/mol. The second-order valence-corrected chi connectivity index (χ2v) is 4.66. The Labute approximate surface area is 112 Å². The fraction of sp³-hybridized carbons (Fsp3) is 0.312. The van der Waals surface area contributed by atoms with Crippen molar-refractivity contribution in [2.24, 2.45) is 0 Å². The fourth-order valence-corrected chi connectivity index (χ4v) is 2.04. The van der Waals surface area contributed by atoms with Gasteiger partial charge in [-0.3, -0.25) is 4.79 Å². The lowest BCUT2D eigenvalue weighted by Gasteiger charge is -2.10. The van der Waals surface area contributed by atoms with E-state index < -0.39 is 0 Å². The first-order valence-electron chi connectivity index (χ1n) is 6.50. The van der Waals surface area contributed by atoms with Crippen LogP contribution in [0.5, 0.6) is 5.75 Å². The molecule has 1 aromatic heterocycles. The normalized spacial score (nSPS) is 11.3. The predicted molar refractivity (Wildman–Crippen MR) is 79.0 cm³/mol. The molecule has 2 aromatic rings. The van der Waals surface area contributed by atoms with Crippen molar-refractivity contribution in [3.63, 3.8) is 0 Å². The highest BCUT2D eigenvalue weighted by Gasteiger charge is 2.07. The van der Waals surface area contributed by atoms with Gasteiger partial charge in [0.1, 0.15) is 5.75 Å². The van der Waals surface area contributed by atoms with Crippen LogP contribution in [0, 0.1) is 13.8 Å². The van der Waals surface area contributed by atoms with E-state index in [0.717, 1.165) is 28.6 Å². The largest absolute Gasteiger partial charge is 0.493 e. The average molecular weight is 257 g/mol. The summed E-state index contributed by atoms with van der Waals surface area (Å²) in [7, 11) is 0. The van der Waals surface area contributed by atoms with E-state index in [1.54, 1.807) is 0 Å². The molecule has 0 aliphatic heterocycles. The number of ether oxygens (including phenoxy) is 1. The van der Waals surface area contributed by atoms with E-state index in [4.69, 9.17) is 4.74 Å². The maximum absolute atomic E-state index is 11.7. The van der Waals surface area contributed by atoms with E-state index in [2.05, 4.69) is 11.1 Å². The molecular formula is C16H19NO2. The Morgan fingerprint density at radius 3 is 2.79 bits per heavy atom. The SMILES string of the molecule is CC=CCCOc1ccc(C)c2[nH]c(=O)c(C)cc12. The van der Waals surface area contributed by atoms with Crippen molar-refractivity contribution in [1.82, 2.24) is 4.98 Å². The lowest BCUT2D eigenvalue weighted by Crippen LogP contribution is -2.10. The molecule has 0 saturated heterocycles. The van der Waals surface area contributed by atoms with Crippen molar-refractivity contribution in [3.05, 3.63) is 51.8 Å². The number of fused-ring (bicyclic) bond motifs is 1. The number of nitrogens with one attached hydrogen (secondary N) is 1. The van der Waals surface area contributed by atoms with E-state index in [-0.39, 0.29) is 5.56 Å². The molecule has 0 aliphatic carbocycles. The van der Waals surface area contributed by atoms with Gasteiger partial charge in [-0.25, -0.2) is 0 Å². The number of aromatic nitrogens is 1. The summed E-state index contributed by atoms with van der Waals surface area (Å²) in [6.45, 7) is 6.43. The van der Waals surface area contributed by atoms with Gasteiger partial charge < -0.3 is 9.72 Å². The maximum atomic E-state index is 11.7. The van der Waals surface area contributed by atoms with Crippen molar-refractivity contribution in [3.8, 4) is 5.75 Å². The maximum Gasteiger partial charge on any atom is 0.251 e. The molecule has 19 heavy (non-hydrogen) atoms. The quantitative estimate of drug-likeness (QED) is 0.673. The van der Waals surface area contributed by atoms with Gasteiger partial charge in [-0.2, -0.15) is 0 Å². The molecule has 0 bridgehead atoms. The second-order valence-electron chi connectivity index (χ2n) is 4.66. The van der Waals surface area contributed by atoms with Crippen LogP contribution >= 0.6 is 0 Å². The monoisotopic (exact) mass is 257 g/mol.